The van der Waals surface area contributed by atoms with E-state index in [0.717, 1.165) is 39.8 Å². The van der Waals surface area contributed by atoms with Gasteiger partial charge in [-0.05, 0) is 80.4 Å². The lowest BCUT2D eigenvalue weighted by molar-refractivity contribution is 0.194. The predicted octanol–water partition coefficient (Wildman–Crippen LogP) is 6.95. The molecule has 0 fully saturated rings. The normalized spacial score (nSPS) is 14.3. The average molecular weight is 536 g/mol. The molecule has 1 atom stereocenters. The van der Waals surface area contributed by atoms with E-state index in [1.807, 2.05) is 91.5 Å². The lowest BCUT2D eigenvalue weighted by Crippen LogP contribution is -2.38. The fourth-order valence-electron chi connectivity index (χ4n) is 5.31. The zero-order valence-electron chi connectivity index (χ0n) is 22.6. The third kappa shape index (κ3) is 4.51. The number of nitrogens with one attached hydrogen (secondary N) is 1. The maximum atomic E-state index is 14.4. The average Bonchev–Trinajstić information content (AvgIpc) is 3.52. The largest absolute Gasteiger partial charge is 0.494 e. The number of ether oxygens (including phenoxy) is 1. The van der Waals surface area contributed by atoms with Gasteiger partial charge in [0.15, 0.2) is 0 Å². The molecule has 0 saturated heterocycles. The fourth-order valence-corrected chi connectivity index (χ4v) is 5.31. The zero-order valence-corrected chi connectivity index (χ0v) is 22.6. The molecule has 202 valence electrons. The molecule has 1 N–H and O–H groups in total. The molecule has 0 bridgehead atoms. The van der Waals surface area contributed by atoms with Crippen LogP contribution in [-0.4, -0.2) is 31.9 Å². The van der Waals surface area contributed by atoms with Crippen molar-refractivity contribution in [2.45, 2.75) is 33.4 Å². The molecule has 3 aromatic carbocycles. The van der Waals surface area contributed by atoms with Gasteiger partial charge in [-0.25, -0.2) is 13.9 Å². The number of rotatable bonds is 5. The zero-order chi connectivity index (χ0) is 27.8. The van der Waals surface area contributed by atoms with Crippen LogP contribution in [0.4, 0.5) is 14.9 Å². The lowest BCUT2D eigenvalue weighted by atomic mass is 10.0. The van der Waals surface area contributed by atoms with Crippen molar-refractivity contribution in [2.75, 3.05) is 11.9 Å². The first-order valence-electron chi connectivity index (χ1n) is 13.3. The highest BCUT2D eigenvalue weighted by atomic mass is 19.1. The Bertz CT molecular complexity index is 1690. The summed E-state index contributed by atoms with van der Waals surface area (Å²) >= 11 is 0. The highest BCUT2D eigenvalue weighted by Crippen LogP contribution is 2.39. The van der Waals surface area contributed by atoms with E-state index in [2.05, 4.69) is 9.88 Å². The van der Waals surface area contributed by atoms with E-state index in [9.17, 15) is 9.18 Å². The number of aromatic nitrogens is 3. The Morgan fingerprint density at radius 1 is 1.02 bits per heavy atom. The Morgan fingerprint density at radius 2 is 1.85 bits per heavy atom. The fraction of sp³-hybridized carbons (Fsp3) is 0.188. The van der Waals surface area contributed by atoms with Crippen molar-refractivity contribution in [1.82, 2.24) is 19.2 Å². The minimum atomic E-state index is -0.457. The van der Waals surface area contributed by atoms with Crippen LogP contribution in [0.3, 0.4) is 0 Å². The highest BCUT2D eigenvalue weighted by Gasteiger charge is 2.36. The van der Waals surface area contributed by atoms with Gasteiger partial charge >= 0.3 is 6.03 Å². The van der Waals surface area contributed by atoms with Gasteiger partial charge in [-0.2, -0.15) is 5.10 Å². The Morgan fingerprint density at radius 3 is 2.62 bits per heavy atom. The molecule has 0 radical (unpaired) electrons. The second kappa shape index (κ2) is 10.4. The second-order valence-corrected chi connectivity index (χ2v) is 9.87. The number of anilines is 1. The maximum absolute atomic E-state index is 14.4. The van der Waals surface area contributed by atoms with Crippen molar-refractivity contribution in [1.29, 1.82) is 0 Å². The molecule has 5 aromatic rings. The lowest BCUT2D eigenvalue weighted by Gasteiger charge is -2.31. The molecule has 0 aliphatic carbocycles. The molecule has 1 aliphatic rings. The van der Waals surface area contributed by atoms with Crippen molar-refractivity contribution in [3.8, 4) is 17.3 Å². The van der Waals surface area contributed by atoms with Crippen LogP contribution in [0.2, 0.25) is 0 Å². The Labute approximate surface area is 232 Å². The van der Waals surface area contributed by atoms with E-state index in [-0.39, 0.29) is 11.8 Å². The monoisotopic (exact) mass is 535 g/mol. The molecule has 0 saturated carbocycles. The Balaban J connectivity index is 1.52. The summed E-state index contributed by atoms with van der Waals surface area (Å²) in [5.41, 5.74) is 5.38. The minimum absolute atomic E-state index is 0.291. The first kappa shape index (κ1) is 25.4. The van der Waals surface area contributed by atoms with E-state index in [4.69, 9.17) is 9.84 Å². The SMILES string of the molecule is CCOc1cccc(C2c3cccn3-c3c(c(C)nn3-c3ccccc3)CN2C(=O)Nc2ccc(C)c(F)c2)c1. The summed E-state index contributed by atoms with van der Waals surface area (Å²) in [5.74, 6) is 1.24. The van der Waals surface area contributed by atoms with E-state index in [1.165, 1.54) is 6.07 Å². The quantitative estimate of drug-likeness (QED) is 0.265. The summed E-state index contributed by atoms with van der Waals surface area (Å²) in [6, 6.07) is 25.7. The number of urea groups is 1. The predicted molar refractivity (Wildman–Crippen MR) is 153 cm³/mol. The van der Waals surface area contributed by atoms with Crippen LogP contribution in [0, 0.1) is 19.7 Å². The van der Waals surface area contributed by atoms with Crippen molar-refractivity contribution >= 4 is 11.7 Å². The summed E-state index contributed by atoms with van der Waals surface area (Å²) in [6.07, 6.45) is 2.00. The molecule has 8 heteroatoms. The van der Waals surface area contributed by atoms with E-state index in [0.29, 0.717) is 24.4 Å². The van der Waals surface area contributed by atoms with E-state index < -0.39 is 6.04 Å². The van der Waals surface area contributed by atoms with Gasteiger partial charge in [0.25, 0.3) is 0 Å². The van der Waals surface area contributed by atoms with Gasteiger partial charge in [-0.1, -0.05) is 36.4 Å². The number of carbonyl (C=O) groups is 1. The molecule has 6 rings (SSSR count). The number of para-hydroxylation sites is 1. The molecular formula is C32H30FN5O2. The third-order valence-corrected chi connectivity index (χ3v) is 7.26. The first-order valence-corrected chi connectivity index (χ1v) is 13.3. The second-order valence-electron chi connectivity index (χ2n) is 9.87. The van der Waals surface area contributed by atoms with Crippen LogP contribution >= 0.6 is 0 Å². The van der Waals surface area contributed by atoms with E-state index >= 15 is 0 Å². The molecule has 2 amide bonds. The highest BCUT2D eigenvalue weighted by molar-refractivity contribution is 5.90. The van der Waals surface area contributed by atoms with Crippen LogP contribution in [0.5, 0.6) is 5.75 Å². The van der Waals surface area contributed by atoms with Crippen molar-refractivity contribution in [3.05, 3.63) is 125 Å². The van der Waals surface area contributed by atoms with Gasteiger partial charge in [0.2, 0.25) is 0 Å². The van der Waals surface area contributed by atoms with Crippen LogP contribution in [0.1, 0.15) is 41.0 Å². The van der Waals surface area contributed by atoms with Gasteiger partial charge in [-0.3, -0.25) is 0 Å². The van der Waals surface area contributed by atoms with Crippen molar-refractivity contribution in [3.63, 3.8) is 0 Å². The number of benzene rings is 3. The number of halogens is 1. The summed E-state index contributed by atoms with van der Waals surface area (Å²) in [6.45, 7) is 6.42. The minimum Gasteiger partial charge on any atom is -0.494 e. The molecule has 3 heterocycles. The Kier molecular flexibility index (Phi) is 6.59. The summed E-state index contributed by atoms with van der Waals surface area (Å²) in [5, 5.41) is 7.82. The number of amides is 2. The third-order valence-electron chi connectivity index (χ3n) is 7.26. The smallest absolute Gasteiger partial charge is 0.322 e. The van der Waals surface area contributed by atoms with Crippen LogP contribution in [-0.2, 0) is 6.54 Å². The number of fused-ring (bicyclic) bond motifs is 3. The van der Waals surface area contributed by atoms with E-state index in [1.54, 1.807) is 24.0 Å². The number of aryl methyl sites for hydroxylation is 2. The molecule has 7 nitrogen and oxygen atoms in total. The van der Waals surface area contributed by atoms with Crippen molar-refractivity contribution < 1.29 is 13.9 Å². The number of hydrogen-bond acceptors (Lipinski definition) is 3. The van der Waals surface area contributed by atoms with Gasteiger partial charge in [0.1, 0.15) is 17.4 Å². The van der Waals surface area contributed by atoms with Crippen LogP contribution in [0.15, 0.2) is 91.1 Å². The van der Waals surface area contributed by atoms with Gasteiger partial charge in [-0.15, -0.1) is 0 Å². The molecular weight excluding hydrogens is 505 g/mol. The van der Waals surface area contributed by atoms with Crippen LogP contribution < -0.4 is 10.1 Å². The molecule has 2 aromatic heterocycles. The Hall–Kier alpha value is -4.85. The van der Waals surface area contributed by atoms with Gasteiger partial charge < -0.3 is 19.5 Å². The number of nitrogens with zero attached hydrogens (tertiary/aromatic N) is 4. The van der Waals surface area contributed by atoms with Gasteiger partial charge in [0, 0.05) is 17.4 Å². The number of carbonyl (C=O) groups excluding carboxylic acids is 1. The molecule has 1 aliphatic heterocycles. The summed E-state index contributed by atoms with van der Waals surface area (Å²) in [4.78, 5) is 15.8. The van der Waals surface area contributed by atoms with Crippen LogP contribution in [0.25, 0.3) is 11.5 Å². The molecule has 1 unspecified atom stereocenters. The van der Waals surface area contributed by atoms with Gasteiger partial charge in [0.05, 0.1) is 36.3 Å². The number of hydrogen-bond donors (Lipinski definition) is 1. The molecule has 0 spiro atoms. The standard InChI is InChI=1S/C32H30FN5O2/c1-4-40-26-13-8-10-23(18-26)30-29-14-9-17-36(29)31-27(22(3)35-38(31)25-11-6-5-7-12-25)20-37(30)32(39)34-24-16-15-21(2)28(33)19-24/h5-19,30H,4,20H2,1-3H3,(H,34,39). The van der Waals surface area contributed by atoms with Crippen molar-refractivity contribution in [2.24, 2.45) is 0 Å². The topological polar surface area (TPSA) is 64.3 Å². The molecule has 40 heavy (non-hydrogen) atoms. The first-order chi connectivity index (χ1) is 19.4. The maximum Gasteiger partial charge on any atom is 0.322 e. The summed E-state index contributed by atoms with van der Waals surface area (Å²) in [7, 11) is 0. The summed E-state index contributed by atoms with van der Waals surface area (Å²) < 4.78 is 24.2.